The van der Waals surface area contributed by atoms with Crippen LogP contribution in [0.2, 0.25) is 0 Å². The second-order valence-corrected chi connectivity index (χ2v) is 5.84. The van der Waals surface area contributed by atoms with Gasteiger partial charge < -0.3 is 23.7 Å². The Morgan fingerprint density at radius 3 is 2.29 bits per heavy atom. The van der Waals surface area contributed by atoms with E-state index in [9.17, 15) is 19.2 Å². The zero-order valence-electron chi connectivity index (χ0n) is 15.6. The summed E-state index contributed by atoms with van der Waals surface area (Å²) >= 11 is 0. The second kappa shape index (κ2) is 9.54. The molecule has 0 spiro atoms. The van der Waals surface area contributed by atoms with E-state index in [4.69, 9.17) is 23.7 Å². The molecule has 0 radical (unpaired) electrons. The van der Waals surface area contributed by atoms with Crippen molar-refractivity contribution in [3.63, 3.8) is 0 Å². The normalized spacial score (nSPS) is 16.8. The fourth-order valence-electron chi connectivity index (χ4n) is 2.41. The number of benzene rings is 1. The molecule has 1 aromatic carbocycles. The monoisotopic (exact) mass is 392 g/mol. The molecular formula is C19H20O9. The third kappa shape index (κ3) is 5.83. The highest BCUT2D eigenvalue weighted by Gasteiger charge is 2.45. The van der Waals surface area contributed by atoms with Gasteiger partial charge in [-0.15, -0.1) is 0 Å². The highest BCUT2D eigenvalue weighted by atomic mass is 16.7. The minimum atomic E-state index is -1.24. The van der Waals surface area contributed by atoms with Crippen LogP contribution in [0, 0.1) is 0 Å². The summed E-state index contributed by atoms with van der Waals surface area (Å²) in [5.74, 6) is -3.56. The Balaban J connectivity index is 2.30. The lowest BCUT2D eigenvalue weighted by Gasteiger charge is -2.23. The molecule has 1 aliphatic rings. The van der Waals surface area contributed by atoms with E-state index < -0.39 is 41.8 Å². The van der Waals surface area contributed by atoms with E-state index in [0.29, 0.717) is 0 Å². The van der Waals surface area contributed by atoms with Crippen molar-refractivity contribution in [2.45, 2.75) is 39.6 Å². The molecule has 1 heterocycles. The first-order valence-corrected chi connectivity index (χ1v) is 8.38. The minimum absolute atomic E-state index is 0.0361. The maximum Gasteiger partial charge on any atom is 0.379 e. The van der Waals surface area contributed by atoms with Gasteiger partial charge in [-0.2, -0.15) is 0 Å². The average molecular weight is 392 g/mol. The summed E-state index contributed by atoms with van der Waals surface area (Å²) in [4.78, 5) is 46.1. The van der Waals surface area contributed by atoms with Gasteiger partial charge in [0.1, 0.15) is 13.2 Å². The summed E-state index contributed by atoms with van der Waals surface area (Å²) in [6, 6.07) is 9.02. The molecule has 0 saturated carbocycles. The Kier molecular flexibility index (Phi) is 7.14. The van der Waals surface area contributed by atoms with E-state index in [1.54, 1.807) is 24.3 Å². The average Bonchev–Trinajstić information content (AvgIpc) is 2.92. The molecule has 28 heavy (non-hydrogen) atoms. The van der Waals surface area contributed by atoms with Gasteiger partial charge in [0.2, 0.25) is 6.10 Å². The lowest BCUT2D eigenvalue weighted by atomic mass is 10.1. The van der Waals surface area contributed by atoms with Gasteiger partial charge in [0.25, 0.3) is 5.76 Å². The largest absolute Gasteiger partial charge is 0.485 e. The molecule has 0 aliphatic carbocycles. The van der Waals surface area contributed by atoms with Crippen LogP contribution in [-0.4, -0.2) is 42.7 Å². The van der Waals surface area contributed by atoms with Crippen LogP contribution in [0.1, 0.15) is 26.3 Å². The predicted molar refractivity (Wildman–Crippen MR) is 92.1 cm³/mol. The highest BCUT2D eigenvalue weighted by molar-refractivity contribution is 5.92. The molecule has 1 aliphatic heterocycles. The molecule has 0 amide bonds. The Morgan fingerprint density at radius 1 is 1.04 bits per heavy atom. The molecule has 0 N–H and O–H groups in total. The molecule has 0 bridgehead atoms. The smallest absolute Gasteiger partial charge is 0.379 e. The first-order chi connectivity index (χ1) is 13.3. The second-order valence-electron chi connectivity index (χ2n) is 5.84. The van der Waals surface area contributed by atoms with Gasteiger partial charge in [-0.1, -0.05) is 30.3 Å². The number of hydrogen-bond acceptors (Lipinski definition) is 9. The predicted octanol–water partition coefficient (Wildman–Crippen LogP) is 1.40. The molecule has 0 unspecified atom stereocenters. The van der Waals surface area contributed by atoms with Crippen LogP contribution in [0.25, 0.3) is 0 Å². The Morgan fingerprint density at radius 2 is 1.71 bits per heavy atom. The summed E-state index contributed by atoms with van der Waals surface area (Å²) < 4.78 is 25.8. The van der Waals surface area contributed by atoms with Gasteiger partial charge in [0.05, 0.1) is 0 Å². The van der Waals surface area contributed by atoms with Gasteiger partial charge in [0, 0.05) is 20.8 Å². The number of hydrogen-bond donors (Lipinski definition) is 0. The lowest BCUT2D eigenvalue weighted by Crippen LogP contribution is -2.37. The van der Waals surface area contributed by atoms with Gasteiger partial charge in [-0.05, 0) is 5.56 Å². The first-order valence-electron chi connectivity index (χ1n) is 8.38. The third-order valence-corrected chi connectivity index (χ3v) is 3.49. The van der Waals surface area contributed by atoms with Gasteiger partial charge in [0.15, 0.2) is 11.9 Å². The van der Waals surface area contributed by atoms with E-state index in [1.807, 2.05) is 6.07 Å². The fraction of sp³-hybridized carbons (Fsp3) is 0.368. The van der Waals surface area contributed by atoms with Crippen molar-refractivity contribution < 1.29 is 42.9 Å². The van der Waals surface area contributed by atoms with Crippen LogP contribution in [0.5, 0.6) is 0 Å². The maximum atomic E-state index is 12.2. The molecule has 2 atom stereocenters. The molecule has 9 nitrogen and oxygen atoms in total. The summed E-state index contributed by atoms with van der Waals surface area (Å²) in [6.07, 6.45) is -2.42. The molecule has 0 fully saturated rings. The molecule has 0 saturated heterocycles. The standard InChI is InChI=1S/C19H20O9/c1-11(20)24-10-15(26-12(2)21)16-17(18(19(23)28-16)27-13(3)22)25-9-14-7-5-4-6-8-14/h4-8,15-16H,9-10H2,1-3H3/t15-,16+/m0/s1. The number of esters is 4. The van der Waals surface area contributed by atoms with Crippen molar-refractivity contribution in [1.29, 1.82) is 0 Å². The first kappa shape index (κ1) is 20.9. The van der Waals surface area contributed by atoms with Gasteiger partial charge in [-0.25, -0.2) is 4.79 Å². The lowest BCUT2D eigenvalue weighted by molar-refractivity contribution is -0.169. The maximum absolute atomic E-state index is 12.2. The number of carbonyl (C=O) groups excluding carboxylic acids is 4. The molecule has 0 aromatic heterocycles. The van der Waals surface area contributed by atoms with Crippen molar-refractivity contribution in [2.75, 3.05) is 6.61 Å². The zero-order valence-corrected chi connectivity index (χ0v) is 15.6. The van der Waals surface area contributed by atoms with Crippen molar-refractivity contribution >= 4 is 23.9 Å². The van der Waals surface area contributed by atoms with E-state index in [2.05, 4.69) is 0 Å². The van der Waals surface area contributed by atoms with Crippen molar-refractivity contribution in [1.82, 2.24) is 0 Å². The summed E-state index contributed by atoms with van der Waals surface area (Å²) in [5.41, 5.74) is 0.777. The van der Waals surface area contributed by atoms with Crippen LogP contribution >= 0.6 is 0 Å². The van der Waals surface area contributed by atoms with E-state index in [0.717, 1.165) is 19.4 Å². The van der Waals surface area contributed by atoms with Gasteiger partial charge >= 0.3 is 23.9 Å². The molecule has 1 aromatic rings. The molecule has 150 valence electrons. The van der Waals surface area contributed by atoms with E-state index >= 15 is 0 Å². The quantitative estimate of drug-likeness (QED) is 0.478. The fourth-order valence-corrected chi connectivity index (χ4v) is 2.41. The topological polar surface area (TPSA) is 114 Å². The molecule has 2 rings (SSSR count). The molecular weight excluding hydrogens is 372 g/mol. The van der Waals surface area contributed by atoms with Crippen LogP contribution in [0.15, 0.2) is 41.9 Å². The zero-order chi connectivity index (χ0) is 20.7. The van der Waals surface area contributed by atoms with Crippen molar-refractivity contribution in [3.05, 3.63) is 47.4 Å². The summed E-state index contributed by atoms with van der Waals surface area (Å²) in [6.45, 7) is 3.11. The van der Waals surface area contributed by atoms with Crippen LogP contribution in [0.3, 0.4) is 0 Å². The third-order valence-electron chi connectivity index (χ3n) is 3.49. The van der Waals surface area contributed by atoms with Crippen LogP contribution in [0.4, 0.5) is 0 Å². The molecule has 9 heteroatoms. The SMILES string of the molecule is CC(=O)OC[C@H](OC(C)=O)[C@H]1OC(=O)C(OC(C)=O)=C1OCc1ccccc1. The van der Waals surface area contributed by atoms with E-state index in [-0.39, 0.29) is 19.0 Å². The number of cyclic esters (lactones) is 1. The summed E-state index contributed by atoms with van der Waals surface area (Å²) in [5, 5.41) is 0. The van der Waals surface area contributed by atoms with Gasteiger partial charge in [-0.3, -0.25) is 14.4 Å². The summed E-state index contributed by atoms with van der Waals surface area (Å²) in [7, 11) is 0. The number of carbonyl (C=O) groups is 4. The van der Waals surface area contributed by atoms with Crippen molar-refractivity contribution in [2.24, 2.45) is 0 Å². The Hall–Kier alpha value is -3.36. The van der Waals surface area contributed by atoms with Crippen molar-refractivity contribution in [3.8, 4) is 0 Å². The minimum Gasteiger partial charge on any atom is -0.485 e. The van der Waals surface area contributed by atoms with Crippen LogP contribution in [-0.2, 0) is 49.5 Å². The number of ether oxygens (including phenoxy) is 5. The highest BCUT2D eigenvalue weighted by Crippen LogP contribution is 2.30. The Labute approximate surface area is 161 Å². The number of rotatable bonds is 8. The Bertz CT molecular complexity index is 782. The van der Waals surface area contributed by atoms with Crippen LogP contribution < -0.4 is 0 Å². The van der Waals surface area contributed by atoms with E-state index in [1.165, 1.54) is 6.92 Å².